The maximum absolute atomic E-state index is 11.0. The van der Waals surface area contributed by atoms with Crippen molar-refractivity contribution in [1.29, 1.82) is 0 Å². The standard InChI is InChI=1S/C15H22N2O3.2C2H6/c1-10(2)20-17-11(3)13-7-5-12(6-8-13)9-14(16-4)15(18)19;2*1-2/h5-8,10,14,16H,9H2,1-4H3,(H,18,19);2*1-2H3/b17-11-;;. The minimum absolute atomic E-state index is 0.0520. The fraction of sp³-hybridized carbons (Fsp3) is 0.579. The van der Waals surface area contributed by atoms with Crippen molar-refractivity contribution in [2.45, 2.75) is 67.0 Å². The van der Waals surface area contributed by atoms with Crippen molar-refractivity contribution in [3.63, 3.8) is 0 Å². The maximum Gasteiger partial charge on any atom is 0.321 e. The molecule has 1 unspecified atom stereocenters. The van der Waals surface area contributed by atoms with Gasteiger partial charge < -0.3 is 15.3 Å². The predicted octanol–water partition coefficient (Wildman–Crippen LogP) is 4.10. The number of nitrogens with zero attached hydrogens (tertiary/aromatic N) is 1. The van der Waals surface area contributed by atoms with Crippen molar-refractivity contribution < 1.29 is 14.7 Å². The molecule has 0 radical (unpaired) electrons. The second-order valence-electron chi connectivity index (χ2n) is 4.91. The molecule has 0 heterocycles. The molecule has 0 aliphatic rings. The molecule has 2 N–H and O–H groups in total. The molecule has 1 aromatic carbocycles. The molecular weight excluding hydrogens is 304 g/mol. The number of carbonyl (C=O) groups is 1. The first-order valence-electron chi connectivity index (χ1n) is 8.63. The van der Waals surface area contributed by atoms with Crippen LogP contribution in [0.15, 0.2) is 29.4 Å². The first-order valence-corrected chi connectivity index (χ1v) is 8.63. The summed E-state index contributed by atoms with van der Waals surface area (Å²) in [6.45, 7) is 13.7. The number of carboxylic acids is 1. The zero-order chi connectivity index (χ0) is 19.1. The Kier molecular flexibility index (Phi) is 14.9. The third-order valence-electron chi connectivity index (χ3n) is 2.86. The summed E-state index contributed by atoms with van der Waals surface area (Å²) in [5.74, 6) is -0.848. The maximum atomic E-state index is 11.0. The molecule has 0 amide bonds. The van der Waals surface area contributed by atoms with Crippen molar-refractivity contribution in [3.8, 4) is 0 Å². The second-order valence-corrected chi connectivity index (χ2v) is 4.91. The lowest BCUT2D eigenvalue weighted by Gasteiger charge is -2.11. The van der Waals surface area contributed by atoms with Gasteiger partial charge in [-0.3, -0.25) is 4.79 Å². The van der Waals surface area contributed by atoms with Gasteiger partial charge in [0.1, 0.15) is 12.1 Å². The minimum Gasteiger partial charge on any atom is -0.480 e. The van der Waals surface area contributed by atoms with E-state index in [0.717, 1.165) is 16.8 Å². The number of benzene rings is 1. The van der Waals surface area contributed by atoms with Gasteiger partial charge in [0.2, 0.25) is 0 Å². The number of nitrogens with one attached hydrogen (secondary N) is 1. The molecule has 1 rings (SSSR count). The van der Waals surface area contributed by atoms with Crippen LogP contribution in [-0.2, 0) is 16.1 Å². The van der Waals surface area contributed by atoms with Crippen LogP contribution in [0, 0.1) is 0 Å². The van der Waals surface area contributed by atoms with Crippen LogP contribution in [0.5, 0.6) is 0 Å². The van der Waals surface area contributed by atoms with Crippen molar-refractivity contribution >= 4 is 11.7 Å². The lowest BCUT2D eigenvalue weighted by atomic mass is 10.0. The van der Waals surface area contributed by atoms with Crippen molar-refractivity contribution in [2.75, 3.05) is 7.05 Å². The van der Waals surface area contributed by atoms with E-state index in [-0.39, 0.29) is 6.10 Å². The largest absolute Gasteiger partial charge is 0.480 e. The van der Waals surface area contributed by atoms with E-state index in [9.17, 15) is 4.79 Å². The quantitative estimate of drug-likeness (QED) is 0.580. The van der Waals surface area contributed by atoms with E-state index in [2.05, 4.69) is 10.5 Å². The predicted molar refractivity (Wildman–Crippen MR) is 102 cm³/mol. The average Bonchev–Trinajstić information content (AvgIpc) is 2.61. The first-order chi connectivity index (χ1) is 11.4. The highest BCUT2D eigenvalue weighted by molar-refractivity contribution is 5.98. The molecule has 24 heavy (non-hydrogen) atoms. The molecule has 0 fully saturated rings. The minimum atomic E-state index is -0.848. The Balaban J connectivity index is 0. The third kappa shape index (κ3) is 10.0. The van der Waals surface area contributed by atoms with Crippen LogP contribution in [0.1, 0.15) is 59.6 Å². The highest BCUT2D eigenvalue weighted by Gasteiger charge is 2.15. The van der Waals surface area contributed by atoms with Crippen molar-refractivity contribution in [2.24, 2.45) is 5.16 Å². The Morgan fingerprint density at radius 2 is 1.67 bits per heavy atom. The lowest BCUT2D eigenvalue weighted by Crippen LogP contribution is -2.35. The van der Waals surface area contributed by atoms with Crippen LogP contribution < -0.4 is 5.32 Å². The molecule has 5 nitrogen and oxygen atoms in total. The molecule has 0 saturated heterocycles. The van der Waals surface area contributed by atoms with Gasteiger partial charge in [0.15, 0.2) is 0 Å². The molecule has 1 atom stereocenters. The van der Waals surface area contributed by atoms with Gasteiger partial charge in [0.25, 0.3) is 0 Å². The van der Waals surface area contributed by atoms with E-state index in [1.54, 1.807) is 7.05 Å². The SMILES string of the molecule is CC.CC.CNC(Cc1ccc(/C(C)=N\OC(C)C)cc1)C(=O)O. The van der Waals surface area contributed by atoms with E-state index < -0.39 is 12.0 Å². The molecule has 1 aromatic rings. The van der Waals surface area contributed by atoms with Gasteiger partial charge in [-0.2, -0.15) is 0 Å². The Hall–Kier alpha value is -1.88. The number of carboxylic acid groups (broad SMARTS) is 1. The Morgan fingerprint density at radius 3 is 2.04 bits per heavy atom. The van der Waals surface area contributed by atoms with E-state index >= 15 is 0 Å². The molecule has 0 aliphatic carbocycles. The van der Waals surface area contributed by atoms with Crippen molar-refractivity contribution in [1.82, 2.24) is 5.32 Å². The number of hydrogen-bond acceptors (Lipinski definition) is 4. The van der Waals surface area contributed by atoms with Gasteiger partial charge in [-0.05, 0) is 45.4 Å². The van der Waals surface area contributed by atoms with Gasteiger partial charge in [-0.15, -0.1) is 0 Å². The number of oxime groups is 1. The summed E-state index contributed by atoms with van der Waals surface area (Å²) in [4.78, 5) is 16.2. The van der Waals surface area contributed by atoms with Crippen LogP contribution in [0.3, 0.4) is 0 Å². The molecule has 138 valence electrons. The first kappa shape index (κ1) is 24.4. The number of hydrogen-bond donors (Lipinski definition) is 2. The molecule has 0 saturated carbocycles. The molecule has 0 bridgehead atoms. The van der Waals surface area contributed by atoms with Crippen LogP contribution in [0.4, 0.5) is 0 Å². The highest BCUT2D eigenvalue weighted by atomic mass is 16.6. The van der Waals surface area contributed by atoms with E-state index in [1.807, 2.05) is 72.7 Å². The normalized spacial score (nSPS) is 11.6. The third-order valence-corrected chi connectivity index (χ3v) is 2.86. The van der Waals surface area contributed by atoms with E-state index in [0.29, 0.717) is 6.42 Å². The van der Waals surface area contributed by atoms with E-state index in [1.165, 1.54) is 0 Å². The van der Waals surface area contributed by atoms with Gasteiger partial charge in [-0.1, -0.05) is 57.1 Å². The van der Waals surface area contributed by atoms with Crippen molar-refractivity contribution in [3.05, 3.63) is 35.4 Å². The van der Waals surface area contributed by atoms with Crippen LogP contribution in [0.2, 0.25) is 0 Å². The summed E-state index contributed by atoms with van der Waals surface area (Å²) in [7, 11) is 1.65. The van der Waals surface area contributed by atoms with Gasteiger partial charge in [0, 0.05) is 0 Å². The van der Waals surface area contributed by atoms with Gasteiger partial charge in [0.05, 0.1) is 5.71 Å². The van der Waals surface area contributed by atoms with Gasteiger partial charge >= 0.3 is 5.97 Å². The summed E-state index contributed by atoms with van der Waals surface area (Å²) in [5, 5.41) is 15.8. The molecule has 5 heteroatoms. The summed E-state index contributed by atoms with van der Waals surface area (Å²) >= 11 is 0. The Labute approximate surface area is 147 Å². The highest BCUT2D eigenvalue weighted by Crippen LogP contribution is 2.09. The number of aliphatic carboxylic acids is 1. The topological polar surface area (TPSA) is 70.9 Å². The smallest absolute Gasteiger partial charge is 0.321 e. The summed E-state index contributed by atoms with van der Waals surface area (Å²) < 4.78 is 0. The Morgan fingerprint density at radius 1 is 1.17 bits per heavy atom. The summed E-state index contributed by atoms with van der Waals surface area (Å²) in [5.41, 5.74) is 2.73. The second kappa shape index (κ2) is 14.7. The fourth-order valence-electron chi connectivity index (χ4n) is 1.67. The molecule has 0 spiro atoms. The summed E-state index contributed by atoms with van der Waals surface area (Å²) in [6.07, 6.45) is 0.501. The molecule has 0 aromatic heterocycles. The number of likely N-dealkylation sites (N-methyl/N-ethyl adjacent to an activating group) is 1. The zero-order valence-corrected chi connectivity index (χ0v) is 16.4. The van der Waals surface area contributed by atoms with E-state index in [4.69, 9.17) is 9.94 Å². The average molecular weight is 338 g/mol. The molecular formula is C19H34N2O3. The number of rotatable bonds is 7. The summed E-state index contributed by atoms with van der Waals surface area (Å²) in [6, 6.07) is 7.10. The molecule has 0 aliphatic heterocycles. The van der Waals surface area contributed by atoms with Gasteiger partial charge in [-0.25, -0.2) is 0 Å². The van der Waals surface area contributed by atoms with Crippen LogP contribution >= 0.6 is 0 Å². The fourth-order valence-corrected chi connectivity index (χ4v) is 1.67. The lowest BCUT2D eigenvalue weighted by molar-refractivity contribution is -0.139. The Bertz CT molecular complexity index is 468. The monoisotopic (exact) mass is 338 g/mol. The zero-order valence-electron chi connectivity index (χ0n) is 16.4. The van der Waals surface area contributed by atoms with Crippen LogP contribution in [0.25, 0.3) is 0 Å². The van der Waals surface area contributed by atoms with Crippen LogP contribution in [-0.4, -0.2) is 36.0 Å².